The fourth-order valence-electron chi connectivity index (χ4n) is 3.85. The van der Waals surface area contributed by atoms with Crippen molar-refractivity contribution >= 4 is 17.4 Å². The standard InChI is InChI=1S/C20H24N4O3/c1-14-11-15-5-3-4-6-16(15)24(14)20(26)12-17-21-18(13-19(25)22(17)2)23-7-9-27-10-8-23/h3-6,13-14H,7-12H2,1-2H3. The highest BCUT2D eigenvalue weighted by molar-refractivity contribution is 5.97. The molecule has 1 saturated heterocycles. The lowest BCUT2D eigenvalue weighted by molar-refractivity contribution is -0.118. The lowest BCUT2D eigenvalue weighted by Crippen LogP contribution is -2.40. The van der Waals surface area contributed by atoms with E-state index >= 15 is 0 Å². The van der Waals surface area contributed by atoms with Gasteiger partial charge in [-0.25, -0.2) is 4.98 Å². The van der Waals surface area contributed by atoms with Gasteiger partial charge in [-0.05, 0) is 25.0 Å². The van der Waals surface area contributed by atoms with Crippen LogP contribution in [0.2, 0.25) is 0 Å². The molecular weight excluding hydrogens is 344 g/mol. The summed E-state index contributed by atoms with van der Waals surface area (Å²) in [6, 6.07) is 9.63. The van der Waals surface area contributed by atoms with E-state index in [0.717, 1.165) is 12.1 Å². The summed E-state index contributed by atoms with van der Waals surface area (Å²) < 4.78 is 6.84. The van der Waals surface area contributed by atoms with Gasteiger partial charge in [-0.1, -0.05) is 18.2 Å². The summed E-state index contributed by atoms with van der Waals surface area (Å²) in [5.41, 5.74) is 2.00. The number of morpholine rings is 1. The topological polar surface area (TPSA) is 67.7 Å². The monoisotopic (exact) mass is 368 g/mol. The van der Waals surface area contributed by atoms with Crippen LogP contribution >= 0.6 is 0 Å². The summed E-state index contributed by atoms with van der Waals surface area (Å²) in [6.07, 6.45) is 0.949. The lowest BCUT2D eigenvalue weighted by atomic mass is 10.1. The molecule has 0 radical (unpaired) electrons. The van der Waals surface area contributed by atoms with Crippen LogP contribution in [0.1, 0.15) is 18.3 Å². The molecule has 3 heterocycles. The molecular formula is C20H24N4O3. The van der Waals surface area contributed by atoms with Crippen LogP contribution in [0.15, 0.2) is 35.1 Å². The van der Waals surface area contributed by atoms with Crippen LogP contribution in [0.5, 0.6) is 0 Å². The Labute approximate surface area is 158 Å². The zero-order valence-electron chi connectivity index (χ0n) is 15.7. The molecule has 2 aliphatic rings. The molecule has 1 aromatic carbocycles. The number of carbonyl (C=O) groups excluding carboxylic acids is 1. The quantitative estimate of drug-likeness (QED) is 0.813. The highest BCUT2D eigenvalue weighted by Crippen LogP contribution is 2.32. The van der Waals surface area contributed by atoms with Gasteiger partial charge in [0.2, 0.25) is 5.91 Å². The minimum atomic E-state index is -0.149. The molecule has 2 aliphatic heterocycles. The third-order valence-corrected chi connectivity index (χ3v) is 5.33. The Morgan fingerprint density at radius 3 is 2.78 bits per heavy atom. The number of rotatable bonds is 3. The number of hydrogen-bond acceptors (Lipinski definition) is 5. The third-order valence-electron chi connectivity index (χ3n) is 5.33. The molecule has 0 saturated carbocycles. The van der Waals surface area contributed by atoms with Crippen LogP contribution in [0.3, 0.4) is 0 Å². The lowest BCUT2D eigenvalue weighted by Gasteiger charge is -2.28. The molecule has 1 atom stereocenters. The SMILES string of the molecule is CC1Cc2ccccc2N1C(=O)Cc1nc(N2CCOCC2)cc(=O)n1C. The van der Waals surface area contributed by atoms with E-state index in [-0.39, 0.29) is 23.9 Å². The van der Waals surface area contributed by atoms with Crippen molar-refractivity contribution in [3.63, 3.8) is 0 Å². The van der Waals surface area contributed by atoms with Crippen LogP contribution < -0.4 is 15.4 Å². The molecule has 0 bridgehead atoms. The number of benzene rings is 1. The van der Waals surface area contributed by atoms with E-state index < -0.39 is 0 Å². The van der Waals surface area contributed by atoms with E-state index in [1.807, 2.05) is 28.0 Å². The maximum absolute atomic E-state index is 13.1. The fourth-order valence-corrected chi connectivity index (χ4v) is 3.85. The van der Waals surface area contributed by atoms with Crippen LogP contribution in [0, 0.1) is 0 Å². The number of nitrogens with zero attached hydrogens (tertiary/aromatic N) is 4. The predicted molar refractivity (Wildman–Crippen MR) is 103 cm³/mol. The molecule has 1 fully saturated rings. The number of aromatic nitrogens is 2. The molecule has 142 valence electrons. The van der Waals surface area contributed by atoms with Gasteiger partial charge in [-0.2, -0.15) is 0 Å². The third kappa shape index (κ3) is 3.35. The second kappa shape index (κ2) is 7.15. The van der Waals surface area contributed by atoms with Crippen molar-refractivity contribution in [3.8, 4) is 0 Å². The summed E-state index contributed by atoms with van der Waals surface area (Å²) >= 11 is 0. The Kier molecular flexibility index (Phi) is 4.70. The Morgan fingerprint density at radius 1 is 1.26 bits per heavy atom. The van der Waals surface area contributed by atoms with Gasteiger partial charge in [0, 0.05) is 37.9 Å². The van der Waals surface area contributed by atoms with Crippen molar-refractivity contribution in [1.82, 2.24) is 9.55 Å². The number of carbonyl (C=O) groups is 1. The number of para-hydroxylation sites is 1. The molecule has 2 aromatic rings. The number of ether oxygens (including phenoxy) is 1. The Hall–Kier alpha value is -2.67. The maximum Gasteiger partial charge on any atom is 0.255 e. The van der Waals surface area contributed by atoms with E-state index in [4.69, 9.17) is 4.74 Å². The maximum atomic E-state index is 13.1. The highest BCUT2D eigenvalue weighted by atomic mass is 16.5. The van der Waals surface area contributed by atoms with Gasteiger partial charge in [-0.15, -0.1) is 0 Å². The van der Waals surface area contributed by atoms with Crippen LogP contribution in [-0.2, 0) is 29.4 Å². The average molecular weight is 368 g/mol. The Balaban J connectivity index is 1.61. The summed E-state index contributed by atoms with van der Waals surface area (Å²) in [6.45, 7) is 4.68. The number of fused-ring (bicyclic) bond motifs is 1. The zero-order valence-corrected chi connectivity index (χ0v) is 15.7. The second-order valence-corrected chi connectivity index (χ2v) is 7.15. The van der Waals surface area contributed by atoms with Crippen molar-refractivity contribution in [2.45, 2.75) is 25.8 Å². The molecule has 7 heteroatoms. The van der Waals surface area contributed by atoms with Crippen molar-refractivity contribution in [1.29, 1.82) is 0 Å². The fraction of sp³-hybridized carbons (Fsp3) is 0.450. The van der Waals surface area contributed by atoms with Gasteiger partial charge in [0.15, 0.2) is 0 Å². The first-order chi connectivity index (χ1) is 13.0. The Morgan fingerprint density at radius 2 is 2.00 bits per heavy atom. The number of hydrogen-bond donors (Lipinski definition) is 0. The second-order valence-electron chi connectivity index (χ2n) is 7.15. The van der Waals surface area contributed by atoms with Crippen molar-refractivity contribution in [3.05, 3.63) is 52.1 Å². The van der Waals surface area contributed by atoms with E-state index in [2.05, 4.69) is 18.0 Å². The summed E-state index contributed by atoms with van der Waals surface area (Å²) in [4.78, 5) is 34.0. The van der Waals surface area contributed by atoms with E-state index in [1.165, 1.54) is 16.2 Å². The molecule has 0 N–H and O–H groups in total. The zero-order chi connectivity index (χ0) is 19.0. The summed E-state index contributed by atoms with van der Waals surface area (Å²) in [5.74, 6) is 1.08. The van der Waals surface area contributed by atoms with Gasteiger partial charge in [0.1, 0.15) is 11.6 Å². The highest BCUT2D eigenvalue weighted by Gasteiger charge is 2.31. The smallest absolute Gasteiger partial charge is 0.255 e. The van der Waals surface area contributed by atoms with Crippen molar-refractivity contribution in [2.75, 3.05) is 36.1 Å². The molecule has 1 amide bonds. The van der Waals surface area contributed by atoms with Gasteiger partial charge < -0.3 is 14.5 Å². The normalized spacial score (nSPS) is 19.3. The van der Waals surface area contributed by atoms with Crippen LogP contribution in [0.4, 0.5) is 11.5 Å². The van der Waals surface area contributed by atoms with E-state index in [9.17, 15) is 9.59 Å². The average Bonchev–Trinajstić information content (AvgIpc) is 3.01. The van der Waals surface area contributed by atoms with Gasteiger partial charge in [0.25, 0.3) is 5.56 Å². The van der Waals surface area contributed by atoms with Crippen molar-refractivity contribution in [2.24, 2.45) is 7.05 Å². The molecule has 7 nitrogen and oxygen atoms in total. The number of anilines is 2. The van der Waals surface area contributed by atoms with Gasteiger partial charge in [0.05, 0.1) is 19.6 Å². The van der Waals surface area contributed by atoms with Crippen LogP contribution in [0.25, 0.3) is 0 Å². The van der Waals surface area contributed by atoms with E-state index in [0.29, 0.717) is 37.9 Å². The minimum Gasteiger partial charge on any atom is -0.378 e. The first kappa shape index (κ1) is 17.7. The van der Waals surface area contributed by atoms with Crippen molar-refractivity contribution < 1.29 is 9.53 Å². The predicted octanol–water partition coefficient (Wildman–Crippen LogP) is 1.14. The molecule has 27 heavy (non-hydrogen) atoms. The molecule has 0 spiro atoms. The summed E-state index contributed by atoms with van der Waals surface area (Å²) in [7, 11) is 1.67. The first-order valence-electron chi connectivity index (χ1n) is 9.34. The Bertz CT molecular complexity index is 918. The molecule has 0 aliphatic carbocycles. The van der Waals surface area contributed by atoms with Gasteiger partial charge >= 0.3 is 0 Å². The summed E-state index contributed by atoms with van der Waals surface area (Å²) in [5, 5.41) is 0. The first-order valence-corrected chi connectivity index (χ1v) is 9.34. The molecule has 1 unspecified atom stereocenters. The molecule has 1 aromatic heterocycles. The number of amides is 1. The largest absolute Gasteiger partial charge is 0.378 e. The van der Waals surface area contributed by atoms with E-state index in [1.54, 1.807) is 7.05 Å². The minimum absolute atomic E-state index is 0.0333. The van der Waals surface area contributed by atoms with Crippen LogP contribution in [-0.4, -0.2) is 47.8 Å². The molecule has 4 rings (SSSR count). The van der Waals surface area contributed by atoms with Gasteiger partial charge in [-0.3, -0.25) is 14.2 Å².